The van der Waals surface area contributed by atoms with Gasteiger partial charge in [0.1, 0.15) is 0 Å². The molecule has 0 radical (unpaired) electrons. The highest BCUT2D eigenvalue weighted by Gasteiger charge is 2.39. The highest BCUT2D eigenvalue weighted by Crippen LogP contribution is 2.42. The largest absolute Gasteiger partial charge is 0.355 e. The van der Waals surface area contributed by atoms with Crippen LogP contribution in [0.2, 0.25) is 0 Å². The van der Waals surface area contributed by atoms with Crippen molar-refractivity contribution in [3.8, 4) is 0 Å². The van der Waals surface area contributed by atoms with Crippen LogP contribution < -0.4 is 5.73 Å². The quantitative estimate of drug-likeness (QED) is 0.470. The van der Waals surface area contributed by atoms with Crippen LogP contribution >= 0.6 is 0 Å². The van der Waals surface area contributed by atoms with Crippen LogP contribution in [0, 0.1) is 11.8 Å². The molecule has 0 heterocycles. The standard InChI is InChI=1S/C7H13N/c8-7-4-5-1-2-6(7)3-5/h5-7H,1-4,8H2/p+1. The Labute approximate surface area is 50.3 Å². The molecule has 3 atom stereocenters. The van der Waals surface area contributed by atoms with Gasteiger partial charge in [0.25, 0.3) is 0 Å². The number of hydrogen-bond donors (Lipinski definition) is 1. The van der Waals surface area contributed by atoms with E-state index in [1.807, 2.05) is 0 Å². The molecular formula is C7H14N+. The summed E-state index contributed by atoms with van der Waals surface area (Å²) in [6, 6.07) is 0.828. The Bertz CT molecular complexity index is 98.6. The van der Waals surface area contributed by atoms with Gasteiger partial charge in [0.05, 0.1) is 6.04 Å². The van der Waals surface area contributed by atoms with Crippen LogP contribution in [-0.2, 0) is 0 Å². The maximum atomic E-state index is 4.12. The summed E-state index contributed by atoms with van der Waals surface area (Å²) in [5, 5.41) is 0. The van der Waals surface area contributed by atoms with Crippen LogP contribution in [0.1, 0.15) is 25.7 Å². The molecule has 8 heavy (non-hydrogen) atoms. The molecule has 3 unspecified atom stereocenters. The lowest BCUT2D eigenvalue weighted by Crippen LogP contribution is -2.63. The van der Waals surface area contributed by atoms with Crippen LogP contribution in [0.3, 0.4) is 0 Å². The van der Waals surface area contributed by atoms with Crippen molar-refractivity contribution >= 4 is 0 Å². The average molecular weight is 112 g/mol. The average Bonchev–Trinajstić information content (AvgIpc) is 2.23. The van der Waals surface area contributed by atoms with E-state index in [1.54, 1.807) is 0 Å². The van der Waals surface area contributed by atoms with Crippen molar-refractivity contribution in [3.05, 3.63) is 0 Å². The minimum atomic E-state index is 0.828. The van der Waals surface area contributed by atoms with E-state index in [4.69, 9.17) is 0 Å². The molecular weight excluding hydrogens is 98.1 g/mol. The number of hydrogen-bond acceptors (Lipinski definition) is 0. The second-order valence-corrected chi connectivity index (χ2v) is 3.43. The van der Waals surface area contributed by atoms with Gasteiger partial charge in [-0.2, -0.15) is 0 Å². The predicted octanol–water partition coefficient (Wildman–Crippen LogP) is 0.417. The summed E-state index contributed by atoms with van der Waals surface area (Å²) < 4.78 is 0. The first-order valence-corrected chi connectivity index (χ1v) is 3.69. The molecule has 2 saturated carbocycles. The smallest absolute Gasteiger partial charge is 0.0874 e. The molecule has 2 aliphatic carbocycles. The van der Waals surface area contributed by atoms with Gasteiger partial charge in [0.2, 0.25) is 0 Å². The molecule has 2 bridgehead atoms. The molecule has 0 amide bonds. The Morgan fingerprint density at radius 1 is 1.12 bits per heavy atom. The van der Waals surface area contributed by atoms with Gasteiger partial charge in [-0.3, -0.25) is 0 Å². The Morgan fingerprint density at radius 2 is 2.00 bits per heavy atom. The molecule has 2 rings (SSSR count). The molecule has 2 fully saturated rings. The van der Waals surface area contributed by atoms with Crippen LogP contribution in [0.5, 0.6) is 0 Å². The monoisotopic (exact) mass is 112 g/mol. The fourth-order valence-electron chi connectivity index (χ4n) is 2.38. The van der Waals surface area contributed by atoms with E-state index in [0.717, 1.165) is 17.9 Å². The third kappa shape index (κ3) is 0.510. The summed E-state index contributed by atoms with van der Waals surface area (Å²) in [6.07, 6.45) is 5.94. The maximum absolute atomic E-state index is 4.12. The maximum Gasteiger partial charge on any atom is 0.0874 e. The third-order valence-corrected chi connectivity index (χ3v) is 2.88. The van der Waals surface area contributed by atoms with Crippen molar-refractivity contribution < 1.29 is 5.73 Å². The van der Waals surface area contributed by atoms with E-state index in [9.17, 15) is 0 Å². The zero-order valence-electron chi connectivity index (χ0n) is 5.27. The molecule has 46 valence electrons. The van der Waals surface area contributed by atoms with Gasteiger partial charge in [0, 0.05) is 12.3 Å². The topological polar surface area (TPSA) is 27.6 Å². The Kier molecular flexibility index (Phi) is 0.884. The van der Waals surface area contributed by atoms with Gasteiger partial charge >= 0.3 is 0 Å². The molecule has 0 aliphatic heterocycles. The van der Waals surface area contributed by atoms with E-state index in [1.165, 1.54) is 25.7 Å². The van der Waals surface area contributed by atoms with Gasteiger partial charge in [-0.05, 0) is 25.2 Å². The lowest BCUT2D eigenvalue weighted by atomic mass is 9.96. The Morgan fingerprint density at radius 3 is 2.25 bits per heavy atom. The van der Waals surface area contributed by atoms with E-state index < -0.39 is 0 Å². The third-order valence-electron chi connectivity index (χ3n) is 2.88. The highest BCUT2D eigenvalue weighted by atomic mass is 14.7. The van der Waals surface area contributed by atoms with Crippen molar-refractivity contribution in [2.24, 2.45) is 11.8 Å². The molecule has 0 aromatic rings. The van der Waals surface area contributed by atoms with Crippen molar-refractivity contribution in [2.45, 2.75) is 31.7 Å². The molecule has 0 aromatic heterocycles. The van der Waals surface area contributed by atoms with Gasteiger partial charge in [-0.1, -0.05) is 0 Å². The zero-order chi connectivity index (χ0) is 5.56. The van der Waals surface area contributed by atoms with E-state index in [2.05, 4.69) is 5.73 Å². The van der Waals surface area contributed by atoms with E-state index in [0.29, 0.717) is 0 Å². The van der Waals surface area contributed by atoms with Crippen molar-refractivity contribution in [3.63, 3.8) is 0 Å². The van der Waals surface area contributed by atoms with Crippen LogP contribution in [0.4, 0.5) is 0 Å². The molecule has 0 spiro atoms. The Balaban J connectivity index is 2.11. The fraction of sp³-hybridized carbons (Fsp3) is 1.00. The SMILES string of the molecule is [NH3+]C1CC2CCC1C2. The second kappa shape index (κ2) is 1.47. The van der Waals surface area contributed by atoms with Crippen LogP contribution in [0.15, 0.2) is 0 Å². The molecule has 0 saturated heterocycles. The number of rotatable bonds is 0. The van der Waals surface area contributed by atoms with Crippen molar-refractivity contribution in [1.82, 2.24) is 0 Å². The molecule has 3 N–H and O–H groups in total. The molecule has 1 nitrogen and oxygen atoms in total. The summed E-state index contributed by atoms with van der Waals surface area (Å²) in [6.45, 7) is 0. The number of quaternary nitrogens is 1. The zero-order valence-corrected chi connectivity index (χ0v) is 5.27. The molecule has 2 aliphatic rings. The molecule has 0 aromatic carbocycles. The first-order valence-electron chi connectivity index (χ1n) is 3.69. The number of fused-ring (bicyclic) bond motifs is 2. The van der Waals surface area contributed by atoms with E-state index in [-0.39, 0.29) is 0 Å². The Hall–Kier alpha value is -0.0400. The first-order chi connectivity index (χ1) is 3.86. The minimum Gasteiger partial charge on any atom is -0.355 e. The summed E-state index contributed by atoms with van der Waals surface area (Å²) in [4.78, 5) is 0. The minimum absolute atomic E-state index is 0.828. The van der Waals surface area contributed by atoms with Gasteiger partial charge in [-0.15, -0.1) is 0 Å². The first kappa shape index (κ1) is 4.80. The van der Waals surface area contributed by atoms with Gasteiger partial charge < -0.3 is 5.73 Å². The predicted molar refractivity (Wildman–Crippen MR) is 32.1 cm³/mol. The second-order valence-electron chi connectivity index (χ2n) is 3.43. The summed E-state index contributed by atoms with van der Waals surface area (Å²) in [7, 11) is 0. The van der Waals surface area contributed by atoms with Crippen LogP contribution in [-0.4, -0.2) is 6.04 Å². The molecule has 1 heteroatoms. The summed E-state index contributed by atoms with van der Waals surface area (Å²) in [5.74, 6) is 2.11. The van der Waals surface area contributed by atoms with Crippen molar-refractivity contribution in [1.29, 1.82) is 0 Å². The highest BCUT2D eigenvalue weighted by molar-refractivity contribution is 4.88. The van der Waals surface area contributed by atoms with E-state index >= 15 is 0 Å². The normalized spacial score (nSPS) is 52.9. The lowest BCUT2D eigenvalue weighted by Gasteiger charge is -2.12. The fourth-order valence-corrected chi connectivity index (χ4v) is 2.38. The van der Waals surface area contributed by atoms with Crippen molar-refractivity contribution in [2.75, 3.05) is 0 Å². The summed E-state index contributed by atoms with van der Waals surface area (Å²) >= 11 is 0. The van der Waals surface area contributed by atoms with Crippen LogP contribution in [0.25, 0.3) is 0 Å². The van der Waals surface area contributed by atoms with Gasteiger partial charge in [0.15, 0.2) is 0 Å². The van der Waals surface area contributed by atoms with Gasteiger partial charge in [-0.25, -0.2) is 0 Å². The summed E-state index contributed by atoms with van der Waals surface area (Å²) in [5.41, 5.74) is 4.12. The lowest BCUT2D eigenvalue weighted by molar-refractivity contribution is -0.431.